The molecule has 0 fully saturated rings. The summed E-state index contributed by atoms with van der Waals surface area (Å²) in [6.45, 7) is 1.29. The van der Waals surface area contributed by atoms with Crippen molar-refractivity contribution >= 4 is 17.7 Å². The van der Waals surface area contributed by atoms with Crippen LogP contribution in [-0.2, 0) is 12.2 Å². The molecule has 2 aliphatic rings. The molecule has 0 spiro atoms. The number of halogens is 1. The number of benzene rings is 2. The summed E-state index contributed by atoms with van der Waals surface area (Å²) in [4.78, 5) is 27.1. The van der Waals surface area contributed by atoms with E-state index in [2.05, 4.69) is 17.6 Å². The lowest BCUT2D eigenvalue weighted by Crippen LogP contribution is -2.46. The van der Waals surface area contributed by atoms with Gasteiger partial charge in [-0.25, -0.2) is 4.39 Å². The van der Waals surface area contributed by atoms with Crippen molar-refractivity contribution in [1.29, 1.82) is 0 Å². The number of unbranched alkanes of at least 4 members (excludes halogenated alkanes) is 2. The summed E-state index contributed by atoms with van der Waals surface area (Å²) in [6.07, 6.45) is 4.46. The molecule has 3 heterocycles. The second kappa shape index (κ2) is 10.0. The summed E-state index contributed by atoms with van der Waals surface area (Å²) < 4.78 is 22.0. The molecule has 35 heavy (non-hydrogen) atoms. The summed E-state index contributed by atoms with van der Waals surface area (Å²) in [5.41, 5.74) is 5.19. The molecular weight excluding hydrogens is 469 g/mol. The van der Waals surface area contributed by atoms with Gasteiger partial charge in [0, 0.05) is 47.0 Å². The molecule has 0 aliphatic carbocycles. The Morgan fingerprint density at radius 1 is 1.06 bits per heavy atom. The van der Waals surface area contributed by atoms with Crippen molar-refractivity contribution in [3.05, 3.63) is 87.1 Å². The monoisotopic (exact) mass is 495 g/mol. The number of carbonyl (C=O) groups excluding carboxylic acids is 1. The van der Waals surface area contributed by atoms with E-state index in [1.807, 2.05) is 12.1 Å². The van der Waals surface area contributed by atoms with Crippen LogP contribution in [0, 0.1) is 5.82 Å². The summed E-state index contributed by atoms with van der Waals surface area (Å²) in [6, 6.07) is 12.6. The highest BCUT2D eigenvalue weighted by Gasteiger charge is 2.27. The highest BCUT2D eigenvalue weighted by Crippen LogP contribution is 2.38. The smallest absolute Gasteiger partial charge is 0.277 e. The molecule has 9 heteroatoms. The number of carbonyl (C=O) groups is 1. The zero-order chi connectivity index (χ0) is 24.4. The molecule has 182 valence electrons. The highest BCUT2D eigenvalue weighted by molar-refractivity contribution is 7.98. The Morgan fingerprint density at radius 3 is 2.80 bits per heavy atom. The van der Waals surface area contributed by atoms with E-state index in [9.17, 15) is 19.1 Å². The number of amides is 1. The van der Waals surface area contributed by atoms with Gasteiger partial charge in [0.05, 0.1) is 6.61 Å². The third-order valence-electron chi connectivity index (χ3n) is 6.37. The van der Waals surface area contributed by atoms with Crippen molar-refractivity contribution in [3.63, 3.8) is 0 Å². The average molecular weight is 496 g/mol. The van der Waals surface area contributed by atoms with Gasteiger partial charge in [-0.2, -0.15) is 0 Å². The molecule has 0 saturated carbocycles. The number of ether oxygens (including phenoxy) is 1. The lowest BCUT2D eigenvalue weighted by Gasteiger charge is -2.31. The van der Waals surface area contributed by atoms with Crippen LogP contribution >= 0.6 is 11.8 Å². The Hall–Kier alpha value is -3.46. The molecule has 3 aromatic rings. The zero-order valence-electron chi connectivity index (χ0n) is 19.1. The van der Waals surface area contributed by atoms with Crippen molar-refractivity contribution in [2.24, 2.45) is 0 Å². The first-order valence-electron chi connectivity index (χ1n) is 11.6. The number of pyridine rings is 1. The number of fused-ring (bicyclic) bond motifs is 3. The topological polar surface area (TPSA) is 83.8 Å². The van der Waals surface area contributed by atoms with Crippen LogP contribution in [-0.4, -0.2) is 40.4 Å². The van der Waals surface area contributed by atoms with Gasteiger partial charge >= 0.3 is 0 Å². The van der Waals surface area contributed by atoms with Gasteiger partial charge in [0.2, 0.25) is 5.43 Å². The van der Waals surface area contributed by atoms with Gasteiger partial charge in [-0.3, -0.25) is 14.3 Å². The van der Waals surface area contributed by atoms with Crippen LogP contribution in [0.15, 0.2) is 58.4 Å². The van der Waals surface area contributed by atoms with E-state index in [0.29, 0.717) is 37.6 Å². The van der Waals surface area contributed by atoms with Crippen molar-refractivity contribution < 1.29 is 19.0 Å². The summed E-state index contributed by atoms with van der Waals surface area (Å²) in [7, 11) is 0. The predicted molar refractivity (Wildman–Crippen MR) is 132 cm³/mol. The Morgan fingerprint density at radius 2 is 1.91 bits per heavy atom. The van der Waals surface area contributed by atoms with Crippen LogP contribution < -0.4 is 15.6 Å². The van der Waals surface area contributed by atoms with E-state index in [0.717, 1.165) is 30.6 Å². The standard InChI is InChI=1S/C26H26FN3O4S/c27-20-8-9-22(18-14-17-6-2-3-7-23(17)35-15-19(18)20)34-13-5-1-4-11-29-16-28-30-12-10-21(31)25(32)24(30)26(29)33/h2-3,6-10,12,28,32H,1,4-5,11,13-16H2. The molecule has 2 N–H and O–H groups in total. The van der Waals surface area contributed by atoms with E-state index in [-0.39, 0.29) is 17.4 Å². The number of nitrogens with one attached hydrogen (secondary N) is 1. The molecule has 0 unspecified atom stereocenters. The Labute approximate surface area is 206 Å². The first-order chi connectivity index (χ1) is 17.0. The quantitative estimate of drug-likeness (QED) is 0.481. The maximum atomic E-state index is 14.6. The molecule has 2 aromatic carbocycles. The molecule has 0 radical (unpaired) electrons. The van der Waals surface area contributed by atoms with Crippen LogP contribution in [0.2, 0.25) is 0 Å². The molecule has 2 aliphatic heterocycles. The van der Waals surface area contributed by atoms with Gasteiger partial charge < -0.3 is 20.2 Å². The largest absolute Gasteiger partial charge is 0.502 e. The third kappa shape index (κ3) is 4.73. The van der Waals surface area contributed by atoms with E-state index < -0.39 is 11.2 Å². The van der Waals surface area contributed by atoms with Gasteiger partial charge in [-0.05, 0) is 43.0 Å². The molecule has 1 amide bonds. The first kappa shape index (κ1) is 23.3. The van der Waals surface area contributed by atoms with E-state index in [1.165, 1.54) is 33.5 Å². The normalized spacial score (nSPS) is 14.4. The molecule has 0 saturated heterocycles. The molecule has 7 nitrogen and oxygen atoms in total. The van der Waals surface area contributed by atoms with E-state index >= 15 is 0 Å². The van der Waals surface area contributed by atoms with Crippen LogP contribution in [0.4, 0.5) is 4.39 Å². The first-order valence-corrected chi connectivity index (χ1v) is 12.6. The Kier molecular flexibility index (Phi) is 6.68. The molecule has 0 bridgehead atoms. The van der Waals surface area contributed by atoms with Gasteiger partial charge in [0.1, 0.15) is 18.2 Å². The molecule has 0 atom stereocenters. The van der Waals surface area contributed by atoms with Crippen LogP contribution in [0.5, 0.6) is 11.5 Å². The minimum atomic E-state index is -0.578. The summed E-state index contributed by atoms with van der Waals surface area (Å²) in [5, 5.41) is 9.99. The fourth-order valence-electron chi connectivity index (χ4n) is 4.45. The number of aromatic nitrogens is 1. The lowest BCUT2D eigenvalue weighted by atomic mass is 9.99. The van der Waals surface area contributed by atoms with Crippen molar-refractivity contribution in [1.82, 2.24) is 9.58 Å². The van der Waals surface area contributed by atoms with E-state index in [4.69, 9.17) is 4.74 Å². The second-order valence-electron chi connectivity index (χ2n) is 8.62. The number of aromatic hydroxyl groups is 1. The summed E-state index contributed by atoms with van der Waals surface area (Å²) in [5.74, 6) is 0.205. The van der Waals surface area contributed by atoms with Crippen LogP contribution in [0.3, 0.4) is 0 Å². The van der Waals surface area contributed by atoms with Gasteiger partial charge in [0.15, 0.2) is 11.4 Å². The molecular formula is C26H26FN3O4S. The van der Waals surface area contributed by atoms with Crippen molar-refractivity contribution in [2.45, 2.75) is 36.3 Å². The van der Waals surface area contributed by atoms with Gasteiger partial charge in [-0.15, -0.1) is 11.8 Å². The van der Waals surface area contributed by atoms with Gasteiger partial charge in [0.25, 0.3) is 5.91 Å². The van der Waals surface area contributed by atoms with Gasteiger partial charge in [-0.1, -0.05) is 18.2 Å². The van der Waals surface area contributed by atoms with E-state index in [1.54, 1.807) is 22.7 Å². The van der Waals surface area contributed by atoms with Crippen molar-refractivity contribution in [3.8, 4) is 11.5 Å². The number of nitrogens with zero attached hydrogens (tertiary/aromatic N) is 2. The van der Waals surface area contributed by atoms with Crippen molar-refractivity contribution in [2.75, 3.05) is 25.2 Å². The maximum absolute atomic E-state index is 14.6. The minimum Gasteiger partial charge on any atom is -0.502 e. The average Bonchev–Trinajstić information content (AvgIpc) is 3.06. The SMILES string of the molecule is O=C1c2c(O)c(=O)ccn2NCN1CCCCCOc1ccc(F)c2c1Cc1ccccc1SC2. The predicted octanol–water partition coefficient (Wildman–Crippen LogP) is 4.10. The number of hydrogen-bond acceptors (Lipinski definition) is 6. The zero-order valence-corrected chi connectivity index (χ0v) is 19.9. The van der Waals surface area contributed by atoms with Crippen LogP contribution in [0.25, 0.3) is 0 Å². The number of hydrogen-bond donors (Lipinski definition) is 2. The highest BCUT2D eigenvalue weighted by atomic mass is 32.2. The van der Waals surface area contributed by atoms with Crippen LogP contribution in [0.1, 0.15) is 46.4 Å². The fraction of sp³-hybridized carbons (Fsp3) is 0.308. The second-order valence-corrected chi connectivity index (χ2v) is 9.63. The lowest BCUT2D eigenvalue weighted by molar-refractivity contribution is 0.0719. The summed E-state index contributed by atoms with van der Waals surface area (Å²) >= 11 is 1.65. The molecule has 5 rings (SSSR count). The number of rotatable bonds is 7. The minimum absolute atomic E-state index is 0.0381. The Bertz CT molecular complexity index is 1330. The third-order valence-corrected chi connectivity index (χ3v) is 7.51. The Balaban J connectivity index is 1.14. The maximum Gasteiger partial charge on any atom is 0.277 e. The fourth-order valence-corrected chi connectivity index (χ4v) is 5.56. The number of thioether (sulfide) groups is 1. The molecule has 1 aromatic heterocycles.